The van der Waals surface area contributed by atoms with E-state index in [1.165, 1.54) is 18.2 Å². The van der Waals surface area contributed by atoms with Crippen molar-refractivity contribution in [3.8, 4) is 11.3 Å². The molecule has 1 aliphatic heterocycles. The van der Waals surface area contributed by atoms with E-state index in [9.17, 15) is 14.4 Å². The zero-order chi connectivity index (χ0) is 21.7. The minimum Gasteiger partial charge on any atom is -0.347 e. The average molecular weight is 409 g/mol. The molecule has 0 fully saturated rings. The summed E-state index contributed by atoms with van der Waals surface area (Å²) >= 11 is 0. The zero-order valence-corrected chi connectivity index (χ0v) is 17.6. The molecule has 1 atom stereocenters. The average Bonchev–Trinajstić information content (AvgIpc) is 2.72. The largest absolute Gasteiger partial charge is 0.347 e. The van der Waals surface area contributed by atoms with Crippen LogP contribution in [0.4, 0.5) is 0 Å². The molecule has 3 rings (SSSR count). The van der Waals surface area contributed by atoms with Crippen molar-refractivity contribution < 1.29 is 14.4 Å². The molecule has 0 unspecified atom stereocenters. The number of hydrogen-bond donors (Lipinski definition) is 1. The van der Waals surface area contributed by atoms with Crippen molar-refractivity contribution in [2.45, 2.75) is 19.8 Å². The van der Waals surface area contributed by atoms with E-state index in [4.69, 9.17) is 0 Å². The van der Waals surface area contributed by atoms with Crippen LogP contribution in [0.15, 0.2) is 36.7 Å². The van der Waals surface area contributed by atoms with Crippen LogP contribution >= 0.6 is 0 Å². The predicted octanol–water partition coefficient (Wildman–Crippen LogP) is 0.911. The summed E-state index contributed by atoms with van der Waals surface area (Å²) in [5.74, 6) is -1.03. The van der Waals surface area contributed by atoms with Gasteiger partial charge in [0.2, 0.25) is 17.7 Å². The number of likely N-dealkylation sites (N-methyl/N-ethyl adjacent to an activating group) is 1. The van der Waals surface area contributed by atoms with E-state index in [2.05, 4.69) is 15.3 Å². The minimum atomic E-state index is -0.503. The van der Waals surface area contributed by atoms with Crippen molar-refractivity contribution in [1.29, 1.82) is 0 Å². The number of hydrogen-bond acceptors (Lipinski definition) is 5. The summed E-state index contributed by atoms with van der Waals surface area (Å²) < 4.78 is 0. The SMILES string of the molecule is CC(=O)N1CCc2ncnc(-c3ccccc3)c2C[C@@H](C(=O)NCC(=O)N(C)C)C1. The van der Waals surface area contributed by atoms with Gasteiger partial charge in [-0.2, -0.15) is 0 Å². The van der Waals surface area contributed by atoms with Gasteiger partial charge >= 0.3 is 0 Å². The van der Waals surface area contributed by atoms with Gasteiger partial charge in [0.15, 0.2) is 0 Å². The fraction of sp³-hybridized carbons (Fsp3) is 0.409. The van der Waals surface area contributed by atoms with Crippen molar-refractivity contribution in [3.63, 3.8) is 0 Å². The van der Waals surface area contributed by atoms with Crippen LogP contribution < -0.4 is 5.32 Å². The molecule has 0 radical (unpaired) electrons. The van der Waals surface area contributed by atoms with Crippen LogP contribution in [-0.2, 0) is 27.2 Å². The Bertz CT molecular complexity index is 930. The molecule has 0 saturated carbocycles. The summed E-state index contributed by atoms with van der Waals surface area (Å²) in [6.07, 6.45) is 2.53. The normalized spacial score (nSPS) is 16.1. The summed E-state index contributed by atoms with van der Waals surface area (Å²) in [7, 11) is 3.28. The van der Waals surface area contributed by atoms with Crippen molar-refractivity contribution >= 4 is 17.7 Å². The Morgan fingerprint density at radius 2 is 1.90 bits per heavy atom. The Labute approximate surface area is 176 Å². The molecule has 0 bridgehead atoms. The van der Waals surface area contributed by atoms with Crippen molar-refractivity contribution in [1.82, 2.24) is 25.1 Å². The summed E-state index contributed by atoms with van der Waals surface area (Å²) in [4.78, 5) is 49.0. The van der Waals surface area contributed by atoms with Gasteiger partial charge in [-0.15, -0.1) is 0 Å². The molecule has 30 heavy (non-hydrogen) atoms. The Kier molecular flexibility index (Phi) is 6.76. The Balaban J connectivity index is 1.93. The van der Waals surface area contributed by atoms with Crippen LogP contribution in [0.3, 0.4) is 0 Å². The van der Waals surface area contributed by atoms with Crippen LogP contribution in [0.25, 0.3) is 11.3 Å². The molecular formula is C22H27N5O3. The van der Waals surface area contributed by atoms with Crippen LogP contribution in [0, 0.1) is 5.92 Å². The van der Waals surface area contributed by atoms with Crippen molar-refractivity contribution in [3.05, 3.63) is 47.9 Å². The first-order valence-electron chi connectivity index (χ1n) is 9.98. The third-order valence-corrected chi connectivity index (χ3v) is 5.32. The summed E-state index contributed by atoms with van der Waals surface area (Å²) in [6.45, 7) is 2.20. The molecule has 8 heteroatoms. The van der Waals surface area contributed by atoms with E-state index in [1.807, 2.05) is 30.3 Å². The van der Waals surface area contributed by atoms with Crippen molar-refractivity contribution in [2.24, 2.45) is 5.92 Å². The third-order valence-electron chi connectivity index (χ3n) is 5.32. The fourth-order valence-corrected chi connectivity index (χ4v) is 3.56. The molecule has 0 aliphatic carbocycles. The van der Waals surface area contributed by atoms with E-state index >= 15 is 0 Å². The summed E-state index contributed by atoms with van der Waals surface area (Å²) in [5.41, 5.74) is 3.53. The lowest BCUT2D eigenvalue weighted by atomic mass is 9.90. The second-order valence-corrected chi connectivity index (χ2v) is 7.64. The molecule has 1 aromatic carbocycles. The topological polar surface area (TPSA) is 95.5 Å². The van der Waals surface area contributed by atoms with Gasteiger partial charge in [0.25, 0.3) is 0 Å². The number of benzene rings is 1. The number of rotatable bonds is 4. The number of amides is 3. The molecule has 8 nitrogen and oxygen atoms in total. The first kappa shape index (κ1) is 21.4. The van der Waals surface area contributed by atoms with E-state index < -0.39 is 5.92 Å². The number of nitrogens with one attached hydrogen (secondary N) is 1. The van der Waals surface area contributed by atoms with Gasteiger partial charge in [0.05, 0.1) is 18.2 Å². The lowest BCUT2D eigenvalue weighted by Gasteiger charge is -2.30. The Morgan fingerprint density at radius 1 is 1.17 bits per heavy atom. The monoisotopic (exact) mass is 409 g/mol. The van der Waals surface area contributed by atoms with Gasteiger partial charge in [-0.3, -0.25) is 14.4 Å². The first-order chi connectivity index (χ1) is 14.4. The van der Waals surface area contributed by atoms with Crippen LogP contribution in [0.5, 0.6) is 0 Å². The predicted molar refractivity (Wildman–Crippen MR) is 112 cm³/mol. The maximum absolute atomic E-state index is 13.0. The van der Waals surface area contributed by atoms with E-state index in [-0.39, 0.29) is 24.3 Å². The molecule has 1 aromatic heterocycles. The smallest absolute Gasteiger partial charge is 0.241 e. The highest BCUT2D eigenvalue weighted by Gasteiger charge is 2.29. The van der Waals surface area contributed by atoms with Gasteiger partial charge in [0.1, 0.15) is 6.33 Å². The Morgan fingerprint density at radius 3 is 2.57 bits per heavy atom. The maximum Gasteiger partial charge on any atom is 0.241 e. The minimum absolute atomic E-state index is 0.0773. The fourth-order valence-electron chi connectivity index (χ4n) is 3.56. The summed E-state index contributed by atoms with van der Waals surface area (Å²) in [6, 6.07) is 9.79. The summed E-state index contributed by atoms with van der Waals surface area (Å²) in [5, 5.41) is 2.72. The number of carbonyl (C=O) groups is 3. The van der Waals surface area contributed by atoms with Gasteiger partial charge < -0.3 is 15.1 Å². The highest BCUT2D eigenvalue weighted by Crippen LogP contribution is 2.27. The van der Waals surface area contributed by atoms with Crippen LogP contribution in [0.1, 0.15) is 18.2 Å². The maximum atomic E-state index is 13.0. The van der Waals surface area contributed by atoms with E-state index in [0.717, 1.165) is 22.5 Å². The van der Waals surface area contributed by atoms with Gasteiger partial charge in [-0.1, -0.05) is 30.3 Å². The number of carbonyl (C=O) groups excluding carboxylic acids is 3. The highest BCUT2D eigenvalue weighted by molar-refractivity contribution is 5.86. The van der Waals surface area contributed by atoms with Crippen molar-refractivity contribution in [2.75, 3.05) is 33.7 Å². The molecular weight excluding hydrogens is 382 g/mol. The van der Waals surface area contributed by atoms with E-state index in [1.54, 1.807) is 19.0 Å². The second-order valence-electron chi connectivity index (χ2n) is 7.64. The standard InChI is InChI=1S/C22H27N5O3/c1-15(28)27-10-9-19-18(21(25-14-24-19)16-7-5-4-6-8-16)11-17(13-27)22(30)23-12-20(29)26(2)3/h4-8,14,17H,9-13H2,1-3H3,(H,23,30)/t17-/m1/s1. The second kappa shape index (κ2) is 9.47. The number of aromatic nitrogens is 2. The molecule has 158 valence electrons. The van der Waals surface area contributed by atoms with Gasteiger partial charge in [0, 0.05) is 57.4 Å². The first-order valence-corrected chi connectivity index (χ1v) is 9.98. The molecule has 1 aliphatic rings. The van der Waals surface area contributed by atoms with E-state index in [0.29, 0.717) is 25.9 Å². The Hall–Kier alpha value is -3.29. The van der Waals surface area contributed by atoms with Gasteiger partial charge in [-0.05, 0) is 6.42 Å². The number of fused-ring (bicyclic) bond motifs is 1. The lowest BCUT2D eigenvalue weighted by Crippen LogP contribution is -2.46. The van der Waals surface area contributed by atoms with Gasteiger partial charge in [-0.25, -0.2) is 9.97 Å². The quantitative estimate of drug-likeness (QED) is 0.810. The molecule has 1 N–H and O–H groups in total. The lowest BCUT2D eigenvalue weighted by molar-refractivity contribution is -0.134. The molecule has 0 spiro atoms. The van der Waals surface area contributed by atoms with Crippen LogP contribution in [-0.4, -0.2) is 71.2 Å². The number of nitrogens with zero attached hydrogens (tertiary/aromatic N) is 4. The molecule has 3 amide bonds. The molecule has 0 saturated heterocycles. The molecule has 2 aromatic rings. The van der Waals surface area contributed by atoms with Crippen LogP contribution in [0.2, 0.25) is 0 Å². The highest BCUT2D eigenvalue weighted by atomic mass is 16.2. The zero-order valence-electron chi connectivity index (χ0n) is 17.6. The third kappa shape index (κ3) is 5.00. The molecule has 2 heterocycles.